The van der Waals surface area contributed by atoms with Gasteiger partial charge in [-0.15, -0.1) is 11.6 Å². The Balaban J connectivity index is 2.15. The van der Waals surface area contributed by atoms with Gasteiger partial charge in [0.1, 0.15) is 4.90 Å². The zero-order chi connectivity index (χ0) is 20.2. The van der Waals surface area contributed by atoms with E-state index in [4.69, 9.17) is 21.9 Å². The molecule has 2 aromatic rings. The topological polar surface area (TPSA) is 144 Å². The minimum Gasteiger partial charge on any atom is -0.398 e. The van der Waals surface area contributed by atoms with Crippen molar-refractivity contribution in [3.8, 4) is 0 Å². The van der Waals surface area contributed by atoms with Crippen LogP contribution in [-0.4, -0.2) is 38.9 Å². The molecule has 0 unspecified atom stereocenters. The van der Waals surface area contributed by atoms with E-state index in [0.717, 1.165) is 6.07 Å². The summed E-state index contributed by atoms with van der Waals surface area (Å²) in [6, 6.07) is 9.57. The number of sulfone groups is 1. The Bertz CT molecular complexity index is 1050. The van der Waals surface area contributed by atoms with Gasteiger partial charge >= 0.3 is 0 Å². The highest BCUT2D eigenvalue weighted by molar-refractivity contribution is 7.90. The quantitative estimate of drug-likeness (QED) is 0.344. The van der Waals surface area contributed by atoms with Crippen LogP contribution in [0.2, 0.25) is 0 Å². The predicted octanol–water partition coefficient (Wildman–Crippen LogP) is 1.92. The number of carbonyl (C=O) groups excluding carboxylic acids is 1. The molecule has 0 saturated carbocycles. The van der Waals surface area contributed by atoms with Gasteiger partial charge in [-0.05, 0) is 35.9 Å². The summed E-state index contributed by atoms with van der Waals surface area (Å²) in [5.41, 5.74) is 6.21. The summed E-state index contributed by atoms with van der Waals surface area (Å²) in [5.74, 6) is -0.853. The summed E-state index contributed by atoms with van der Waals surface area (Å²) in [5, 5.41) is 2.48. The van der Waals surface area contributed by atoms with Crippen molar-refractivity contribution in [1.82, 2.24) is 0 Å². The van der Waals surface area contributed by atoms with Crippen molar-refractivity contribution in [2.75, 3.05) is 22.7 Å². The molecule has 0 aliphatic heterocycles. The highest BCUT2D eigenvalue weighted by Gasteiger charge is 2.16. The number of nitrogen functional groups attached to an aromatic ring is 1. The number of hydrogen-bond donors (Lipinski definition) is 3. The molecule has 146 valence electrons. The molecule has 4 N–H and O–H groups in total. The number of alkyl halides is 1. The summed E-state index contributed by atoms with van der Waals surface area (Å²) >= 11 is 5.45. The fourth-order valence-electron chi connectivity index (χ4n) is 2.23. The molecule has 0 aliphatic rings. The Morgan fingerprint density at radius 3 is 2.26 bits per heavy atom. The minimum atomic E-state index is -4.53. The number of amides is 1. The molecule has 0 spiro atoms. The van der Waals surface area contributed by atoms with Crippen molar-refractivity contribution in [1.29, 1.82) is 0 Å². The normalized spacial score (nSPS) is 11.9. The maximum Gasteiger partial charge on any atom is 0.296 e. The third-order valence-corrected chi connectivity index (χ3v) is 6.46. The highest BCUT2D eigenvalue weighted by Crippen LogP contribution is 2.23. The predicted molar refractivity (Wildman–Crippen MR) is 103 cm³/mol. The summed E-state index contributed by atoms with van der Waals surface area (Å²) in [7, 11) is -7.84. The number of halogens is 1. The van der Waals surface area contributed by atoms with Crippen molar-refractivity contribution >= 4 is 48.8 Å². The number of rotatable bonds is 7. The van der Waals surface area contributed by atoms with Gasteiger partial charge in [-0.2, -0.15) is 8.42 Å². The van der Waals surface area contributed by atoms with Gasteiger partial charge in [0.2, 0.25) is 0 Å². The van der Waals surface area contributed by atoms with E-state index < -0.39 is 30.8 Å². The highest BCUT2D eigenvalue weighted by atomic mass is 35.5. The van der Waals surface area contributed by atoms with Crippen LogP contribution in [0.3, 0.4) is 0 Å². The summed E-state index contributed by atoms with van der Waals surface area (Å²) in [6.45, 7) is 0. The summed E-state index contributed by atoms with van der Waals surface area (Å²) in [6.07, 6.45) is 0. The molecule has 27 heavy (non-hydrogen) atoms. The number of nitrogens with two attached hydrogens (primary N) is 1. The van der Waals surface area contributed by atoms with Gasteiger partial charge in [0.05, 0.1) is 17.2 Å². The van der Waals surface area contributed by atoms with Crippen LogP contribution in [0.5, 0.6) is 0 Å². The average molecular weight is 433 g/mol. The minimum absolute atomic E-state index is 0.00988. The van der Waals surface area contributed by atoms with E-state index in [-0.39, 0.29) is 34.3 Å². The summed E-state index contributed by atoms with van der Waals surface area (Å²) < 4.78 is 55.2. The molecule has 1 amide bonds. The Morgan fingerprint density at radius 2 is 1.70 bits per heavy atom. The molecule has 0 radical (unpaired) electrons. The Kier molecular flexibility index (Phi) is 6.47. The molecule has 8 nitrogen and oxygen atoms in total. The Hall–Kier alpha value is -2.14. The molecule has 2 aromatic carbocycles. The Morgan fingerprint density at radius 1 is 1.07 bits per heavy atom. The lowest BCUT2D eigenvalue weighted by molar-refractivity contribution is 0.102. The monoisotopic (exact) mass is 432 g/mol. The lowest BCUT2D eigenvalue weighted by atomic mass is 10.1. The number of nitrogens with one attached hydrogen (secondary N) is 1. The van der Waals surface area contributed by atoms with Crippen LogP contribution in [0.4, 0.5) is 11.4 Å². The van der Waals surface area contributed by atoms with Crippen molar-refractivity contribution in [2.45, 2.75) is 10.6 Å². The standard InChI is InChI=1S/C16H17ClN2O6S2/c17-7-8-26(21,22)10-11-1-3-12(4-2-11)16(20)19-13-5-6-14(18)15(9-13)27(23,24)25/h1-6,9H,7-8,10,18H2,(H,19,20)(H,23,24,25). The molecule has 0 bridgehead atoms. The van der Waals surface area contributed by atoms with Gasteiger partial charge in [-0.1, -0.05) is 12.1 Å². The molecular weight excluding hydrogens is 416 g/mol. The SMILES string of the molecule is Nc1ccc(NC(=O)c2ccc(CS(=O)(=O)CCCl)cc2)cc1S(=O)(=O)O. The zero-order valence-corrected chi connectivity index (χ0v) is 16.3. The average Bonchev–Trinajstić information content (AvgIpc) is 2.55. The van der Waals surface area contributed by atoms with Crippen LogP contribution in [0, 0.1) is 0 Å². The van der Waals surface area contributed by atoms with Crippen LogP contribution in [-0.2, 0) is 25.7 Å². The molecule has 0 atom stereocenters. The molecule has 0 fully saturated rings. The second-order valence-electron chi connectivity index (χ2n) is 5.66. The molecule has 0 saturated heterocycles. The third kappa shape index (κ3) is 5.93. The fourth-order valence-corrected chi connectivity index (χ4v) is 4.66. The second-order valence-corrected chi connectivity index (χ2v) is 9.61. The van der Waals surface area contributed by atoms with E-state index in [1.807, 2.05) is 0 Å². The first-order valence-electron chi connectivity index (χ1n) is 7.55. The number of benzene rings is 2. The number of hydrogen-bond acceptors (Lipinski definition) is 6. The van der Waals surface area contributed by atoms with E-state index in [1.54, 1.807) is 0 Å². The van der Waals surface area contributed by atoms with Crippen molar-refractivity contribution in [2.24, 2.45) is 0 Å². The van der Waals surface area contributed by atoms with Crippen LogP contribution >= 0.6 is 11.6 Å². The largest absolute Gasteiger partial charge is 0.398 e. The number of anilines is 2. The molecule has 0 aromatic heterocycles. The zero-order valence-electron chi connectivity index (χ0n) is 13.9. The maximum atomic E-state index is 12.3. The van der Waals surface area contributed by atoms with Crippen LogP contribution in [0.25, 0.3) is 0 Å². The fraction of sp³-hybridized carbons (Fsp3) is 0.188. The molecule has 2 rings (SSSR count). The van der Waals surface area contributed by atoms with Gasteiger partial charge in [0.15, 0.2) is 9.84 Å². The lowest BCUT2D eigenvalue weighted by Crippen LogP contribution is -2.14. The smallest absolute Gasteiger partial charge is 0.296 e. The van der Waals surface area contributed by atoms with Gasteiger partial charge in [-0.25, -0.2) is 8.42 Å². The third-order valence-electron chi connectivity index (χ3n) is 3.54. The molecule has 0 aliphatic carbocycles. The molecule has 0 heterocycles. The summed E-state index contributed by atoms with van der Waals surface area (Å²) in [4.78, 5) is 11.8. The first kappa shape index (κ1) is 21.2. The van der Waals surface area contributed by atoms with Crippen LogP contribution in [0.1, 0.15) is 15.9 Å². The van der Waals surface area contributed by atoms with Crippen molar-refractivity contribution in [3.63, 3.8) is 0 Å². The Labute approximate surface area is 162 Å². The van der Waals surface area contributed by atoms with E-state index in [1.165, 1.54) is 36.4 Å². The van der Waals surface area contributed by atoms with Crippen LogP contribution < -0.4 is 11.1 Å². The van der Waals surface area contributed by atoms with Crippen molar-refractivity contribution in [3.05, 3.63) is 53.6 Å². The van der Waals surface area contributed by atoms with Gasteiger partial charge in [0, 0.05) is 17.1 Å². The van der Waals surface area contributed by atoms with E-state index in [2.05, 4.69) is 5.32 Å². The molecular formula is C16H17ClN2O6S2. The van der Waals surface area contributed by atoms with Crippen LogP contribution in [0.15, 0.2) is 47.4 Å². The van der Waals surface area contributed by atoms with Gasteiger partial charge < -0.3 is 11.1 Å². The van der Waals surface area contributed by atoms with Gasteiger partial charge in [0.25, 0.3) is 16.0 Å². The van der Waals surface area contributed by atoms with E-state index in [0.29, 0.717) is 5.56 Å². The lowest BCUT2D eigenvalue weighted by Gasteiger charge is -2.09. The van der Waals surface area contributed by atoms with Crippen molar-refractivity contribution < 1.29 is 26.2 Å². The molecule has 11 heteroatoms. The van der Waals surface area contributed by atoms with E-state index in [9.17, 15) is 21.6 Å². The second kappa shape index (κ2) is 8.26. The van der Waals surface area contributed by atoms with Gasteiger partial charge in [-0.3, -0.25) is 9.35 Å². The first-order chi connectivity index (χ1) is 12.5. The van der Waals surface area contributed by atoms with E-state index >= 15 is 0 Å². The first-order valence-corrected chi connectivity index (χ1v) is 11.3. The maximum absolute atomic E-state index is 12.3. The number of carbonyl (C=O) groups is 1.